The number of unbranched alkanes of at least 4 members (excludes halogenated alkanes) is 15. The van der Waals surface area contributed by atoms with Crippen molar-refractivity contribution in [1.29, 1.82) is 0 Å². The summed E-state index contributed by atoms with van der Waals surface area (Å²) in [5.74, 6) is -7.55. The summed E-state index contributed by atoms with van der Waals surface area (Å²) in [5, 5.41) is 0. The number of alkyl halides is 5. The molecule has 0 saturated heterocycles. The molecule has 0 aliphatic carbocycles. The summed E-state index contributed by atoms with van der Waals surface area (Å²) in [6, 6.07) is 0. The van der Waals surface area contributed by atoms with Crippen molar-refractivity contribution in [2.75, 3.05) is 13.2 Å². The van der Waals surface area contributed by atoms with Crippen molar-refractivity contribution in [1.82, 2.24) is 0 Å². The Kier molecular flexibility index (Phi) is 18.9. The Morgan fingerprint density at radius 2 is 0.892 bits per heavy atom. The monoisotopic (exact) mass is 544 g/mol. The lowest BCUT2D eigenvalue weighted by atomic mass is 9.82. The maximum absolute atomic E-state index is 13.1. The summed E-state index contributed by atoms with van der Waals surface area (Å²) >= 11 is 0. The van der Waals surface area contributed by atoms with Gasteiger partial charge in [0.1, 0.15) is 0 Å². The Morgan fingerprint density at radius 1 is 0.541 bits per heavy atom. The largest absolute Gasteiger partial charge is 0.465 e. The van der Waals surface area contributed by atoms with Crippen LogP contribution in [0.25, 0.3) is 0 Å². The van der Waals surface area contributed by atoms with Crippen LogP contribution in [0.15, 0.2) is 0 Å². The molecule has 37 heavy (non-hydrogen) atoms. The van der Waals surface area contributed by atoms with E-state index >= 15 is 0 Å². The molecule has 0 atom stereocenters. The molecular weight excluding hydrogens is 495 g/mol. The molecule has 0 bridgehead atoms. The lowest BCUT2D eigenvalue weighted by molar-refractivity contribution is -0.295. The van der Waals surface area contributed by atoms with Crippen LogP contribution >= 0.6 is 0 Å². The first-order valence-corrected chi connectivity index (χ1v) is 14.3. The second kappa shape index (κ2) is 19.6. The van der Waals surface area contributed by atoms with Crippen LogP contribution in [-0.2, 0) is 19.1 Å². The van der Waals surface area contributed by atoms with E-state index in [2.05, 4.69) is 11.7 Å². The summed E-state index contributed by atoms with van der Waals surface area (Å²) in [6.07, 6.45) is 13.1. The number of halogens is 5. The molecule has 0 aromatic heterocycles. The maximum atomic E-state index is 13.1. The second-order valence-electron chi connectivity index (χ2n) is 10.0. The van der Waals surface area contributed by atoms with Gasteiger partial charge < -0.3 is 9.47 Å². The van der Waals surface area contributed by atoms with Crippen LogP contribution in [0, 0.1) is 5.41 Å². The van der Waals surface area contributed by atoms with Crippen LogP contribution in [-0.4, -0.2) is 37.3 Å². The summed E-state index contributed by atoms with van der Waals surface area (Å²) in [6.45, 7) is 3.05. The molecule has 0 aliphatic heterocycles. The van der Waals surface area contributed by atoms with E-state index in [-0.39, 0.29) is 19.4 Å². The fraction of sp³-hybridized carbons (Fsp3) is 0.929. The van der Waals surface area contributed by atoms with E-state index in [1.807, 2.05) is 0 Å². The van der Waals surface area contributed by atoms with Gasteiger partial charge in [-0.15, -0.1) is 0 Å². The van der Waals surface area contributed by atoms with Crippen LogP contribution in [0.4, 0.5) is 22.0 Å². The van der Waals surface area contributed by atoms with Gasteiger partial charge in [-0.25, -0.2) is 0 Å². The molecule has 0 aromatic rings. The molecule has 4 nitrogen and oxygen atoms in total. The van der Waals surface area contributed by atoms with Gasteiger partial charge in [0.2, 0.25) is 0 Å². The number of carbonyl (C=O) groups excluding carboxylic acids is 2. The molecule has 0 N–H and O–H groups in total. The highest BCUT2D eigenvalue weighted by Gasteiger charge is 2.59. The minimum absolute atomic E-state index is 0.0605. The normalized spacial score (nSPS) is 12.5. The summed E-state index contributed by atoms with van der Waals surface area (Å²) in [7, 11) is 0. The molecule has 9 heteroatoms. The minimum Gasteiger partial charge on any atom is -0.465 e. The van der Waals surface area contributed by atoms with Crippen molar-refractivity contribution in [3.63, 3.8) is 0 Å². The highest BCUT2D eigenvalue weighted by molar-refractivity contribution is 6.00. The third kappa shape index (κ3) is 14.4. The zero-order valence-electron chi connectivity index (χ0n) is 23.2. The molecule has 0 fully saturated rings. The topological polar surface area (TPSA) is 52.6 Å². The van der Waals surface area contributed by atoms with Gasteiger partial charge in [-0.3, -0.25) is 9.59 Å². The fourth-order valence-electron chi connectivity index (χ4n) is 4.24. The Labute approximate surface area is 220 Å². The Morgan fingerprint density at radius 3 is 1.24 bits per heavy atom. The third-order valence-electron chi connectivity index (χ3n) is 7.02. The highest BCUT2D eigenvalue weighted by Crippen LogP contribution is 2.37. The van der Waals surface area contributed by atoms with Gasteiger partial charge in [-0.1, -0.05) is 117 Å². The van der Waals surface area contributed by atoms with E-state index in [0.29, 0.717) is 6.42 Å². The van der Waals surface area contributed by atoms with Gasteiger partial charge in [0.15, 0.2) is 12.0 Å². The summed E-state index contributed by atoms with van der Waals surface area (Å²) in [4.78, 5) is 24.8. The third-order valence-corrected chi connectivity index (χ3v) is 7.02. The minimum atomic E-state index is -5.85. The van der Waals surface area contributed by atoms with Gasteiger partial charge in [-0.05, 0) is 19.3 Å². The molecule has 220 valence electrons. The van der Waals surface area contributed by atoms with Gasteiger partial charge in [0, 0.05) is 0 Å². The van der Waals surface area contributed by atoms with Crippen LogP contribution in [0.2, 0.25) is 0 Å². The van der Waals surface area contributed by atoms with Crippen molar-refractivity contribution in [3.05, 3.63) is 0 Å². The van der Waals surface area contributed by atoms with Gasteiger partial charge in [0.05, 0.1) is 6.61 Å². The Balaban J connectivity index is 4.00. The van der Waals surface area contributed by atoms with Crippen LogP contribution in [0.1, 0.15) is 136 Å². The quantitative estimate of drug-likeness (QED) is 0.0557. The van der Waals surface area contributed by atoms with E-state index < -0.39 is 36.1 Å². The average molecular weight is 545 g/mol. The van der Waals surface area contributed by atoms with E-state index in [1.54, 1.807) is 0 Å². The predicted octanol–water partition coefficient (Wildman–Crippen LogP) is 9.34. The maximum Gasteiger partial charge on any atom is 0.456 e. The second-order valence-corrected chi connectivity index (χ2v) is 10.0. The molecule has 0 saturated carbocycles. The lowest BCUT2D eigenvalue weighted by Crippen LogP contribution is -2.46. The van der Waals surface area contributed by atoms with E-state index in [4.69, 9.17) is 4.74 Å². The van der Waals surface area contributed by atoms with Crippen molar-refractivity contribution >= 4 is 11.9 Å². The first kappa shape index (κ1) is 35.6. The molecule has 0 aliphatic rings. The average Bonchev–Trinajstić information content (AvgIpc) is 2.85. The molecule has 0 heterocycles. The van der Waals surface area contributed by atoms with Crippen LogP contribution < -0.4 is 0 Å². The Hall–Kier alpha value is -1.41. The van der Waals surface area contributed by atoms with Crippen molar-refractivity contribution in [3.8, 4) is 0 Å². The van der Waals surface area contributed by atoms with E-state index in [9.17, 15) is 31.5 Å². The fourth-order valence-corrected chi connectivity index (χ4v) is 4.24. The number of hydrogen-bond donors (Lipinski definition) is 0. The van der Waals surface area contributed by atoms with E-state index in [1.165, 1.54) is 90.9 Å². The zero-order valence-corrected chi connectivity index (χ0v) is 23.2. The number of ether oxygens (including phenoxy) is 2. The van der Waals surface area contributed by atoms with Crippen molar-refractivity contribution < 1.29 is 41.0 Å². The highest BCUT2D eigenvalue weighted by atomic mass is 19.4. The Bertz CT molecular complexity index is 604. The molecular formula is C28H49F5O4. The molecule has 0 radical (unpaired) electrons. The molecule has 0 spiro atoms. The van der Waals surface area contributed by atoms with Gasteiger partial charge >= 0.3 is 24.0 Å². The van der Waals surface area contributed by atoms with Gasteiger partial charge in [-0.2, -0.15) is 22.0 Å². The van der Waals surface area contributed by atoms with Crippen molar-refractivity contribution in [2.24, 2.45) is 5.41 Å². The van der Waals surface area contributed by atoms with E-state index in [0.717, 1.165) is 19.3 Å². The first-order valence-electron chi connectivity index (χ1n) is 14.3. The number of esters is 2. The van der Waals surface area contributed by atoms with Crippen molar-refractivity contribution in [2.45, 2.75) is 148 Å². The number of carbonyl (C=O) groups is 2. The molecule has 0 rings (SSSR count). The lowest BCUT2D eigenvalue weighted by Gasteiger charge is -2.28. The predicted molar refractivity (Wildman–Crippen MR) is 135 cm³/mol. The zero-order chi connectivity index (χ0) is 28.2. The van der Waals surface area contributed by atoms with Crippen LogP contribution in [0.3, 0.4) is 0 Å². The molecule has 0 amide bonds. The number of rotatable bonds is 23. The van der Waals surface area contributed by atoms with Gasteiger partial charge in [0.25, 0.3) is 0 Å². The van der Waals surface area contributed by atoms with Crippen LogP contribution in [0.5, 0.6) is 0 Å². The first-order chi connectivity index (χ1) is 17.5. The standard InChI is InChI=1S/C28H49F5O4/c1-4-7-8-9-10-11-12-13-14-15-16-17-18-19-20-21-22-36-24(34)26(5-2,6-3)25(35)37-23-27(29,30)28(31,32)33/h4-23H2,1-3H3. The summed E-state index contributed by atoms with van der Waals surface area (Å²) in [5.41, 5.74) is -1.89. The SMILES string of the molecule is CCCCCCCCCCCCCCCCCCOC(=O)C(CC)(CC)C(=O)OCC(F)(F)C(F)(F)F. The number of hydrogen-bond acceptors (Lipinski definition) is 4. The molecule has 0 aromatic carbocycles. The summed E-state index contributed by atoms with van der Waals surface area (Å²) < 4.78 is 72.6. The molecule has 0 unspecified atom stereocenters. The smallest absolute Gasteiger partial charge is 0.456 e.